The number of anilines is 1. The third-order valence-corrected chi connectivity index (χ3v) is 5.45. The summed E-state index contributed by atoms with van der Waals surface area (Å²) in [6.45, 7) is 10.2. The summed E-state index contributed by atoms with van der Waals surface area (Å²) in [7, 11) is 1.26. The predicted octanol–water partition coefficient (Wildman–Crippen LogP) is 3.80. The van der Waals surface area contributed by atoms with Crippen LogP contribution in [0.2, 0.25) is 0 Å². The highest BCUT2D eigenvalue weighted by Crippen LogP contribution is 2.62. The molecule has 1 fully saturated rings. The SMILES string of the molecule is C=C1C[C@@]2(C(=O)N(C(=O)OC)c3ccccc32)[C@H](C(C)(C)C)[C@@H]1C#N. The molecule has 2 aliphatic rings. The number of carbonyl (C=O) groups excluding carboxylic acids is 2. The Bertz CT molecular complexity index is 815. The zero-order valence-electron chi connectivity index (χ0n) is 15.0. The maximum atomic E-state index is 13.5. The van der Waals surface area contributed by atoms with Crippen molar-refractivity contribution >= 4 is 17.7 Å². The van der Waals surface area contributed by atoms with E-state index in [1.807, 2.05) is 32.9 Å². The van der Waals surface area contributed by atoms with Crippen LogP contribution in [0.5, 0.6) is 0 Å². The highest BCUT2D eigenvalue weighted by atomic mass is 16.5. The quantitative estimate of drug-likeness (QED) is 0.675. The van der Waals surface area contributed by atoms with Gasteiger partial charge in [-0.25, -0.2) is 9.69 Å². The molecule has 0 radical (unpaired) electrons. The van der Waals surface area contributed by atoms with E-state index in [1.54, 1.807) is 12.1 Å². The Labute approximate surface area is 147 Å². The van der Waals surface area contributed by atoms with Gasteiger partial charge < -0.3 is 4.74 Å². The fourth-order valence-electron chi connectivity index (χ4n) is 4.72. The zero-order chi connectivity index (χ0) is 18.6. The summed E-state index contributed by atoms with van der Waals surface area (Å²) in [6, 6.07) is 9.62. The van der Waals surface area contributed by atoms with Crippen LogP contribution in [0, 0.1) is 28.6 Å². The molecule has 0 bridgehead atoms. The number of para-hydroxylation sites is 1. The first kappa shape index (κ1) is 17.2. The van der Waals surface area contributed by atoms with Crippen LogP contribution in [-0.4, -0.2) is 19.1 Å². The second-order valence-corrected chi connectivity index (χ2v) is 7.88. The first-order chi connectivity index (χ1) is 11.7. The Balaban J connectivity index is 2.31. The molecule has 5 nitrogen and oxygen atoms in total. The molecule has 130 valence electrons. The molecule has 25 heavy (non-hydrogen) atoms. The van der Waals surface area contributed by atoms with Gasteiger partial charge in [0.1, 0.15) is 0 Å². The first-order valence-corrected chi connectivity index (χ1v) is 8.29. The van der Waals surface area contributed by atoms with Crippen molar-refractivity contribution in [2.24, 2.45) is 17.3 Å². The number of carbonyl (C=O) groups is 2. The average Bonchev–Trinajstić information content (AvgIpc) is 3.00. The first-order valence-electron chi connectivity index (χ1n) is 8.29. The molecule has 0 aromatic heterocycles. The molecule has 0 unspecified atom stereocenters. The smallest absolute Gasteiger partial charge is 0.420 e. The highest BCUT2D eigenvalue weighted by Gasteiger charge is 2.65. The largest absolute Gasteiger partial charge is 0.452 e. The Kier molecular flexibility index (Phi) is 3.75. The molecule has 1 aromatic carbocycles. The topological polar surface area (TPSA) is 70.4 Å². The lowest BCUT2D eigenvalue weighted by Crippen LogP contribution is -2.49. The van der Waals surface area contributed by atoms with Crippen LogP contribution in [-0.2, 0) is 14.9 Å². The van der Waals surface area contributed by atoms with E-state index in [4.69, 9.17) is 4.74 Å². The number of fused-ring (bicyclic) bond motifs is 2. The number of ether oxygens (including phenoxy) is 1. The third kappa shape index (κ3) is 2.13. The van der Waals surface area contributed by atoms with E-state index >= 15 is 0 Å². The number of rotatable bonds is 0. The molecule has 3 atom stereocenters. The zero-order valence-corrected chi connectivity index (χ0v) is 15.0. The van der Waals surface area contributed by atoms with Crippen LogP contribution < -0.4 is 4.90 Å². The molecule has 1 aromatic rings. The lowest BCUT2D eigenvalue weighted by atomic mass is 9.61. The monoisotopic (exact) mass is 338 g/mol. The predicted molar refractivity (Wildman–Crippen MR) is 93.8 cm³/mol. The Morgan fingerprint density at radius 2 is 2.04 bits per heavy atom. The van der Waals surface area contributed by atoms with Gasteiger partial charge in [0.15, 0.2) is 0 Å². The standard InChI is InChI=1S/C20H22N2O3/c1-12-10-20(16(13(12)11-21)19(2,3)4)14-8-6-7-9-15(14)22(17(20)23)18(24)25-5/h6-9,13,16H,1,10H2,2-5H3/t13-,16+,20+/m1/s1. The molecule has 1 spiro atoms. The molecular weight excluding hydrogens is 316 g/mol. The molecule has 1 aliphatic heterocycles. The second-order valence-electron chi connectivity index (χ2n) is 7.88. The van der Waals surface area contributed by atoms with E-state index in [0.29, 0.717) is 12.1 Å². The van der Waals surface area contributed by atoms with Gasteiger partial charge >= 0.3 is 6.09 Å². The molecule has 0 saturated heterocycles. The Hall–Kier alpha value is -2.61. The maximum absolute atomic E-state index is 13.5. The minimum absolute atomic E-state index is 0.277. The Morgan fingerprint density at radius 3 is 2.60 bits per heavy atom. The number of nitrogens with zero attached hydrogens (tertiary/aromatic N) is 2. The number of hydrogen-bond donors (Lipinski definition) is 0. The van der Waals surface area contributed by atoms with Crippen molar-refractivity contribution in [1.29, 1.82) is 5.26 Å². The van der Waals surface area contributed by atoms with Gasteiger partial charge in [0.05, 0.1) is 30.2 Å². The van der Waals surface area contributed by atoms with E-state index in [9.17, 15) is 14.9 Å². The summed E-state index contributed by atoms with van der Waals surface area (Å²) in [4.78, 5) is 26.9. The van der Waals surface area contributed by atoms with Crippen molar-refractivity contribution in [3.63, 3.8) is 0 Å². The van der Waals surface area contributed by atoms with Crippen molar-refractivity contribution < 1.29 is 14.3 Å². The number of nitriles is 1. The normalized spacial score (nSPS) is 28.2. The van der Waals surface area contributed by atoms with Crippen molar-refractivity contribution in [3.05, 3.63) is 42.0 Å². The molecule has 1 heterocycles. The molecule has 2 amide bonds. The Morgan fingerprint density at radius 1 is 1.40 bits per heavy atom. The number of amides is 2. The number of allylic oxidation sites excluding steroid dienone is 1. The van der Waals surface area contributed by atoms with Crippen LogP contribution in [0.25, 0.3) is 0 Å². The minimum Gasteiger partial charge on any atom is -0.452 e. The van der Waals surface area contributed by atoms with Crippen LogP contribution >= 0.6 is 0 Å². The van der Waals surface area contributed by atoms with E-state index in [-0.39, 0.29) is 17.2 Å². The summed E-state index contributed by atoms with van der Waals surface area (Å²) in [6.07, 6.45) is -0.329. The molecule has 5 heteroatoms. The minimum atomic E-state index is -0.958. The second kappa shape index (κ2) is 5.45. The maximum Gasteiger partial charge on any atom is 0.420 e. The molecule has 1 saturated carbocycles. The van der Waals surface area contributed by atoms with Gasteiger partial charge in [0, 0.05) is 5.92 Å². The molecule has 1 aliphatic carbocycles. The van der Waals surface area contributed by atoms with Gasteiger partial charge in [-0.3, -0.25) is 4.79 Å². The van der Waals surface area contributed by atoms with Gasteiger partial charge in [0.25, 0.3) is 0 Å². The number of imide groups is 1. The average molecular weight is 338 g/mol. The van der Waals surface area contributed by atoms with Crippen LogP contribution in [0.15, 0.2) is 36.4 Å². The lowest BCUT2D eigenvalue weighted by molar-refractivity contribution is -0.125. The van der Waals surface area contributed by atoms with Crippen molar-refractivity contribution in [3.8, 4) is 6.07 Å². The van der Waals surface area contributed by atoms with Gasteiger partial charge in [-0.15, -0.1) is 0 Å². The summed E-state index contributed by atoms with van der Waals surface area (Å²) >= 11 is 0. The molecule has 3 rings (SSSR count). The fraction of sp³-hybridized carbons (Fsp3) is 0.450. The highest BCUT2D eigenvalue weighted by molar-refractivity contribution is 6.21. The van der Waals surface area contributed by atoms with Crippen LogP contribution in [0.1, 0.15) is 32.8 Å². The number of hydrogen-bond acceptors (Lipinski definition) is 4. The summed E-state index contributed by atoms with van der Waals surface area (Å²) < 4.78 is 4.84. The van der Waals surface area contributed by atoms with E-state index < -0.39 is 17.4 Å². The number of methoxy groups -OCH3 is 1. The molecular formula is C20H22N2O3. The number of benzene rings is 1. The summed E-state index contributed by atoms with van der Waals surface area (Å²) in [5, 5.41) is 9.74. The van der Waals surface area contributed by atoms with Crippen molar-refractivity contribution in [1.82, 2.24) is 0 Å². The van der Waals surface area contributed by atoms with E-state index in [2.05, 4.69) is 12.6 Å². The van der Waals surface area contributed by atoms with Gasteiger partial charge in [0.2, 0.25) is 5.91 Å². The summed E-state index contributed by atoms with van der Waals surface area (Å²) in [5.41, 5.74) is 0.788. The lowest BCUT2D eigenvalue weighted by Gasteiger charge is -2.40. The fourth-order valence-corrected chi connectivity index (χ4v) is 4.72. The third-order valence-electron chi connectivity index (χ3n) is 5.45. The van der Waals surface area contributed by atoms with Gasteiger partial charge in [-0.2, -0.15) is 5.26 Å². The van der Waals surface area contributed by atoms with E-state index in [1.165, 1.54) is 7.11 Å². The van der Waals surface area contributed by atoms with Gasteiger partial charge in [-0.05, 0) is 23.5 Å². The van der Waals surface area contributed by atoms with Gasteiger partial charge in [-0.1, -0.05) is 51.1 Å². The van der Waals surface area contributed by atoms with Crippen LogP contribution in [0.3, 0.4) is 0 Å². The summed E-state index contributed by atoms with van der Waals surface area (Å²) in [5.74, 6) is -1.03. The van der Waals surface area contributed by atoms with Crippen molar-refractivity contribution in [2.75, 3.05) is 12.0 Å². The van der Waals surface area contributed by atoms with E-state index in [0.717, 1.165) is 16.0 Å². The van der Waals surface area contributed by atoms with Crippen molar-refractivity contribution in [2.45, 2.75) is 32.6 Å². The van der Waals surface area contributed by atoms with Crippen LogP contribution in [0.4, 0.5) is 10.5 Å². The molecule has 0 N–H and O–H groups in total.